The average Bonchev–Trinajstić information content (AvgIpc) is 2.60. The third-order valence-corrected chi connectivity index (χ3v) is 2.88. The van der Waals surface area contributed by atoms with Gasteiger partial charge in [-0.2, -0.15) is 0 Å². The molecule has 1 saturated heterocycles. The summed E-state index contributed by atoms with van der Waals surface area (Å²) in [6, 6.07) is 4.65. The van der Waals surface area contributed by atoms with Crippen LogP contribution in [-0.4, -0.2) is 30.6 Å². The molecule has 0 aromatic carbocycles. The molecule has 1 aliphatic rings. The molecule has 0 radical (unpaired) electrons. The Balaban J connectivity index is 1.94. The molecule has 0 aliphatic carbocycles. The fourth-order valence-corrected chi connectivity index (χ4v) is 1.90. The van der Waals surface area contributed by atoms with Gasteiger partial charge >= 0.3 is 0 Å². The summed E-state index contributed by atoms with van der Waals surface area (Å²) in [6.45, 7) is 6.56. The molecular formula is C11H18N2O. The Morgan fingerprint density at radius 2 is 2.50 bits per heavy atom. The van der Waals surface area contributed by atoms with Crippen molar-refractivity contribution in [2.24, 2.45) is 0 Å². The number of hydrogen-bond donors (Lipinski definition) is 1. The van der Waals surface area contributed by atoms with E-state index in [1.54, 1.807) is 6.26 Å². The Hall–Kier alpha value is -0.800. The van der Waals surface area contributed by atoms with Crippen LogP contribution in [0.15, 0.2) is 22.8 Å². The first-order valence-corrected chi connectivity index (χ1v) is 5.33. The molecule has 0 amide bonds. The van der Waals surface area contributed by atoms with Crippen LogP contribution in [0.2, 0.25) is 0 Å². The van der Waals surface area contributed by atoms with Crippen molar-refractivity contribution in [3.05, 3.63) is 24.2 Å². The van der Waals surface area contributed by atoms with Crippen LogP contribution in [0.4, 0.5) is 0 Å². The normalized spacial score (nSPS) is 24.8. The maximum Gasteiger partial charge on any atom is 0.117 e. The lowest BCUT2D eigenvalue weighted by molar-refractivity contribution is 0.195. The molecule has 2 rings (SSSR count). The Kier molecular flexibility index (Phi) is 3.22. The molecule has 0 bridgehead atoms. The SMILES string of the molecule is CC1CCNCCN1Cc1ccco1. The lowest BCUT2D eigenvalue weighted by Crippen LogP contribution is -2.33. The molecule has 78 valence electrons. The summed E-state index contributed by atoms with van der Waals surface area (Å²) in [5, 5.41) is 3.41. The quantitative estimate of drug-likeness (QED) is 0.772. The molecule has 0 saturated carbocycles. The zero-order valence-corrected chi connectivity index (χ0v) is 8.70. The van der Waals surface area contributed by atoms with Gasteiger partial charge in [0.2, 0.25) is 0 Å². The Bertz CT molecular complexity index is 258. The third kappa shape index (κ3) is 2.36. The fourth-order valence-electron chi connectivity index (χ4n) is 1.90. The van der Waals surface area contributed by atoms with E-state index < -0.39 is 0 Å². The summed E-state index contributed by atoms with van der Waals surface area (Å²) in [4.78, 5) is 2.47. The van der Waals surface area contributed by atoms with E-state index >= 15 is 0 Å². The molecule has 2 heterocycles. The van der Waals surface area contributed by atoms with Gasteiger partial charge in [-0.3, -0.25) is 4.90 Å². The van der Waals surface area contributed by atoms with Crippen LogP contribution >= 0.6 is 0 Å². The van der Waals surface area contributed by atoms with E-state index in [4.69, 9.17) is 4.42 Å². The highest BCUT2D eigenvalue weighted by molar-refractivity contribution is 4.98. The molecule has 1 fully saturated rings. The first-order valence-electron chi connectivity index (χ1n) is 5.33. The van der Waals surface area contributed by atoms with Crippen molar-refractivity contribution in [2.75, 3.05) is 19.6 Å². The number of nitrogens with one attached hydrogen (secondary N) is 1. The van der Waals surface area contributed by atoms with Crippen LogP contribution in [0.3, 0.4) is 0 Å². The minimum atomic E-state index is 0.648. The fraction of sp³-hybridized carbons (Fsp3) is 0.636. The predicted octanol–water partition coefficient (Wildman–Crippen LogP) is 1.46. The summed E-state index contributed by atoms with van der Waals surface area (Å²) in [5.41, 5.74) is 0. The molecule has 1 unspecified atom stereocenters. The van der Waals surface area contributed by atoms with Gasteiger partial charge in [0.05, 0.1) is 12.8 Å². The summed E-state index contributed by atoms with van der Waals surface area (Å²) in [7, 11) is 0. The number of rotatable bonds is 2. The van der Waals surface area contributed by atoms with Crippen LogP contribution in [-0.2, 0) is 6.54 Å². The maximum atomic E-state index is 5.36. The molecule has 3 nitrogen and oxygen atoms in total. The molecule has 1 aliphatic heterocycles. The highest BCUT2D eigenvalue weighted by atomic mass is 16.3. The summed E-state index contributed by atoms with van der Waals surface area (Å²) in [6.07, 6.45) is 2.97. The van der Waals surface area contributed by atoms with E-state index in [0.29, 0.717) is 6.04 Å². The highest BCUT2D eigenvalue weighted by Crippen LogP contribution is 2.11. The predicted molar refractivity (Wildman–Crippen MR) is 56.1 cm³/mol. The van der Waals surface area contributed by atoms with E-state index in [1.165, 1.54) is 6.42 Å². The third-order valence-electron chi connectivity index (χ3n) is 2.88. The van der Waals surface area contributed by atoms with Gasteiger partial charge in [-0.25, -0.2) is 0 Å². The van der Waals surface area contributed by atoms with Gasteiger partial charge < -0.3 is 9.73 Å². The van der Waals surface area contributed by atoms with Gasteiger partial charge in [0.15, 0.2) is 0 Å². The highest BCUT2D eigenvalue weighted by Gasteiger charge is 2.17. The van der Waals surface area contributed by atoms with E-state index in [9.17, 15) is 0 Å². The van der Waals surface area contributed by atoms with Crippen LogP contribution in [0.5, 0.6) is 0 Å². The number of hydrogen-bond acceptors (Lipinski definition) is 3. The smallest absolute Gasteiger partial charge is 0.117 e. The molecule has 1 aromatic heterocycles. The number of nitrogens with zero attached hydrogens (tertiary/aromatic N) is 1. The second-order valence-electron chi connectivity index (χ2n) is 3.94. The van der Waals surface area contributed by atoms with Crippen LogP contribution in [0.25, 0.3) is 0 Å². The molecule has 1 atom stereocenters. The molecule has 0 spiro atoms. The largest absolute Gasteiger partial charge is 0.468 e. The van der Waals surface area contributed by atoms with E-state index in [0.717, 1.165) is 31.9 Å². The first-order chi connectivity index (χ1) is 6.86. The first kappa shape index (κ1) is 9.74. The Morgan fingerprint density at radius 3 is 3.29 bits per heavy atom. The maximum absolute atomic E-state index is 5.36. The van der Waals surface area contributed by atoms with Crippen molar-refractivity contribution >= 4 is 0 Å². The van der Waals surface area contributed by atoms with Crippen LogP contribution < -0.4 is 5.32 Å². The van der Waals surface area contributed by atoms with Crippen LogP contribution in [0, 0.1) is 0 Å². The van der Waals surface area contributed by atoms with Crippen LogP contribution in [0.1, 0.15) is 19.1 Å². The van der Waals surface area contributed by atoms with Crippen molar-refractivity contribution in [1.29, 1.82) is 0 Å². The zero-order chi connectivity index (χ0) is 9.80. The van der Waals surface area contributed by atoms with Crippen molar-refractivity contribution in [3.63, 3.8) is 0 Å². The van der Waals surface area contributed by atoms with Crippen molar-refractivity contribution in [3.8, 4) is 0 Å². The topological polar surface area (TPSA) is 28.4 Å². The van der Waals surface area contributed by atoms with E-state index in [-0.39, 0.29) is 0 Å². The van der Waals surface area contributed by atoms with Crippen molar-refractivity contribution in [2.45, 2.75) is 25.9 Å². The average molecular weight is 194 g/mol. The van der Waals surface area contributed by atoms with E-state index in [1.807, 2.05) is 12.1 Å². The second-order valence-corrected chi connectivity index (χ2v) is 3.94. The minimum Gasteiger partial charge on any atom is -0.468 e. The summed E-state index contributed by atoms with van der Waals surface area (Å²) < 4.78 is 5.36. The molecular weight excluding hydrogens is 176 g/mol. The van der Waals surface area contributed by atoms with Gasteiger partial charge in [-0.05, 0) is 32.0 Å². The van der Waals surface area contributed by atoms with Crippen molar-refractivity contribution in [1.82, 2.24) is 10.2 Å². The lowest BCUT2D eigenvalue weighted by atomic mass is 10.2. The van der Waals surface area contributed by atoms with Gasteiger partial charge in [-0.15, -0.1) is 0 Å². The summed E-state index contributed by atoms with van der Waals surface area (Å²) >= 11 is 0. The van der Waals surface area contributed by atoms with Gasteiger partial charge in [0.1, 0.15) is 5.76 Å². The Morgan fingerprint density at radius 1 is 1.57 bits per heavy atom. The van der Waals surface area contributed by atoms with Gasteiger partial charge in [0, 0.05) is 19.1 Å². The molecule has 1 aromatic rings. The standard InChI is InChI=1S/C11H18N2O/c1-10-4-5-12-6-7-13(10)9-11-3-2-8-14-11/h2-3,8,10,12H,4-7,9H2,1H3. The summed E-state index contributed by atoms with van der Waals surface area (Å²) in [5.74, 6) is 1.07. The molecule has 1 N–H and O–H groups in total. The zero-order valence-electron chi connectivity index (χ0n) is 8.70. The second kappa shape index (κ2) is 4.62. The minimum absolute atomic E-state index is 0.648. The monoisotopic (exact) mass is 194 g/mol. The molecule has 14 heavy (non-hydrogen) atoms. The van der Waals surface area contributed by atoms with Gasteiger partial charge in [-0.1, -0.05) is 0 Å². The molecule has 3 heteroatoms. The Labute approximate surface area is 85.1 Å². The van der Waals surface area contributed by atoms with Crippen molar-refractivity contribution < 1.29 is 4.42 Å². The number of furan rings is 1. The lowest BCUT2D eigenvalue weighted by Gasteiger charge is -2.25. The van der Waals surface area contributed by atoms with E-state index in [2.05, 4.69) is 17.1 Å². The van der Waals surface area contributed by atoms with Gasteiger partial charge in [0.25, 0.3) is 0 Å².